The Bertz CT molecular complexity index is 546. The van der Waals surface area contributed by atoms with Crippen molar-refractivity contribution < 1.29 is 4.79 Å². The number of carbonyl (C=O) groups excluding carboxylic acids is 1. The first kappa shape index (κ1) is 12.6. The maximum Gasteiger partial charge on any atom is 0.259 e. The van der Waals surface area contributed by atoms with Crippen molar-refractivity contribution >= 4 is 23.1 Å². The average molecular weight is 264 g/mol. The molecule has 18 heavy (non-hydrogen) atoms. The molecule has 0 aliphatic heterocycles. The molecule has 1 amide bonds. The van der Waals surface area contributed by atoms with Gasteiger partial charge in [0.1, 0.15) is 11.4 Å². The van der Waals surface area contributed by atoms with Crippen molar-refractivity contribution in [1.82, 2.24) is 14.7 Å². The van der Waals surface area contributed by atoms with Crippen LogP contribution in [-0.2, 0) is 7.05 Å². The molecule has 2 aromatic heterocycles. The lowest BCUT2D eigenvalue weighted by molar-refractivity contribution is 0.0746. The van der Waals surface area contributed by atoms with E-state index < -0.39 is 0 Å². The van der Waals surface area contributed by atoms with E-state index in [2.05, 4.69) is 5.10 Å². The number of hydrogen-bond acceptors (Lipinski definition) is 4. The summed E-state index contributed by atoms with van der Waals surface area (Å²) >= 11 is 1.64. The zero-order chi connectivity index (χ0) is 13.3. The topological polar surface area (TPSA) is 64.2 Å². The van der Waals surface area contributed by atoms with Gasteiger partial charge in [0.2, 0.25) is 0 Å². The minimum absolute atomic E-state index is 0.0251. The van der Waals surface area contributed by atoms with Crippen molar-refractivity contribution in [1.29, 1.82) is 0 Å². The van der Waals surface area contributed by atoms with Crippen LogP contribution in [0.2, 0.25) is 0 Å². The standard InChI is InChI=1S/C12H16N4OS/c1-8(10-5-4-6-18-10)15(2)12(17)9-7-14-16(3)11(9)13/h4-8H,13H2,1-3H3. The molecule has 0 spiro atoms. The molecule has 1 unspecified atom stereocenters. The van der Waals surface area contributed by atoms with Crippen molar-refractivity contribution in [3.8, 4) is 0 Å². The summed E-state index contributed by atoms with van der Waals surface area (Å²) in [5, 5.41) is 5.99. The molecule has 0 bridgehead atoms. The molecule has 6 heteroatoms. The molecule has 0 radical (unpaired) electrons. The molecule has 5 nitrogen and oxygen atoms in total. The number of anilines is 1. The van der Waals surface area contributed by atoms with Crippen molar-refractivity contribution in [2.45, 2.75) is 13.0 Å². The van der Waals surface area contributed by atoms with Gasteiger partial charge >= 0.3 is 0 Å². The van der Waals surface area contributed by atoms with E-state index in [1.165, 1.54) is 10.9 Å². The van der Waals surface area contributed by atoms with E-state index in [0.717, 1.165) is 4.88 Å². The highest BCUT2D eigenvalue weighted by Gasteiger charge is 2.22. The maximum absolute atomic E-state index is 12.3. The van der Waals surface area contributed by atoms with Crippen molar-refractivity contribution in [2.75, 3.05) is 12.8 Å². The van der Waals surface area contributed by atoms with Gasteiger partial charge in [0, 0.05) is 19.0 Å². The lowest BCUT2D eigenvalue weighted by atomic mass is 10.2. The molecule has 0 fully saturated rings. The predicted molar refractivity (Wildman–Crippen MR) is 72.4 cm³/mol. The van der Waals surface area contributed by atoms with E-state index in [4.69, 9.17) is 5.73 Å². The zero-order valence-electron chi connectivity index (χ0n) is 10.6. The van der Waals surface area contributed by atoms with E-state index in [0.29, 0.717) is 11.4 Å². The second-order valence-electron chi connectivity index (χ2n) is 4.17. The Labute approximate surface area is 110 Å². The maximum atomic E-state index is 12.3. The van der Waals surface area contributed by atoms with Gasteiger partial charge in [-0.15, -0.1) is 11.3 Å². The van der Waals surface area contributed by atoms with Crippen LogP contribution in [0.1, 0.15) is 28.2 Å². The first-order chi connectivity index (χ1) is 8.52. The Hall–Kier alpha value is -1.82. The molecule has 1 atom stereocenters. The van der Waals surface area contributed by atoms with Crippen molar-refractivity contribution in [2.24, 2.45) is 7.05 Å². The summed E-state index contributed by atoms with van der Waals surface area (Å²) in [6.07, 6.45) is 1.51. The second kappa shape index (κ2) is 4.81. The Morgan fingerprint density at radius 2 is 2.33 bits per heavy atom. The highest BCUT2D eigenvalue weighted by atomic mass is 32.1. The van der Waals surface area contributed by atoms with Gasteiger partial charge in [-0.25, -0.2) is 0 Å². The van der Waals surface area contributed by atoms with E-state index >= 15 is 0 Å². The molecule has 0 saturated carbocycles. The van der Waals surface area contributed by atoms with Gasteiger partial charge in [-0.1, -0.05) is 6.07 Å². The van der Waals surface area contributed by atoms with Gasteiger partial charge in [0.05, 0.1) is 12.2 Å². The highest BCUT2D eigenvalue weighted by molar-refractivity contribution is 7.10. The Balaban J connectivity index is 2.21. The van der Waals surface area contributed by atoms with Crippen LogP contribution in [0, 0.1) is 0 Å². The lowest BCUT2D eigenvalue weighted by Gasteiger charge is -2.23. The van der Waals surface area contributed by atoms with Gasteiger partial charge in [0.15, 0.2) is 0 Å². The highest BCUT2D eigenvalue weighted by Crippen LogP contribution is 2.25. The van der Waals surface area contributed by atoms with E-state index in [9.17, 15) is 4.79 Å². The number of carbonyl (C=O) groups is 1. The monoisotopic (exact) mass is 264 g/mol. The van der Waals surface area contributed by atoms with Crippen LogP contribution in [0.4, 0.5) is 5.82 Å². The largest absolute Gasteiger partial charge is 0.383 e. The summed E-state index contributed by atoms with van der Waals surface area (Å²) in [5.41, 5.74) is 6.26. The van der Waals surface area contributed by atoms with Gasteiger partial charge in [0.25, 0.3) is 5.91 Å². The normalized spacial score (nSPS) is 12.4. The summed E-state index contributed by atoms with van der Waals surface area (Å²) in [4.78, 5) is 15.1. The molecular formula is C12H16N4OS. The summed E-state index contributed by atoms with van der Waals surface area (Å²) in [5.74, 6) is 0.284. The minimum atomic E-state index is -0.110. The predicted octanol–water partition coefficient (Wildman–Crippen LogP) is 1.90. The Morgan fingerprint density at radius 3 is 2.83 bits per heavy atom. The Kier molecular flexibility index (Phi) is 3.38. The number of nitrogen functional groups attached to an aromatic ring is 1. The summed E-state index contributed by atoms with van der Waals surface area (Å²) in [7, 11) is 3.49. The number of nitrogens with two attached hydrogens (primary N) is 1. The van der Waals surface area contributed by atoms with Crippen molar-refractivity contribution in [3.05, 3.63) is 34.2 Å². The van der Waals surface area contributed by atoms with Crippen LogP contribution >= 0.6 is 11.3 Å². The molecule has 0 aliphatic rings. The van der Waals surface area contributed by atoms with Gasteiger partial charge < -0.3 is 10.6 Å². The van der Waals surface area contributed by atoms with Crippen LogP contribution in [0.5, 0.6) is 0 Å². The molecule has 2 heterocycles. The number of rotatable bonds is 3. The summed E-state index contributed by atoms with van der Waals surface area (Å²) in [6.45, 7) is 2.00. The Morgan fingerprint density at radius 1 is 1.61 bits per heavy atom. The first-order valence-electron chi connectivity index (χ1n) is 5.60. The molecule has 0 aliphatic carbocycles. The molecule has 2 aromatic rings. The molecule has 2 rings (SSSR count). The summed E-state index contributed by atoms with van der Waals surface area (Å²) < 4.78 is 1.50. The number of hydrogen-bond donors (Lipinski definition) is 1. The minimum Gasteiger partial charge on any atom is -0.383 e. The fourth-order valence-corrected chi connectivity index (χ4v) is 2.52. The number of aromatic nitrogens is 2. The first-order valence-corrected chi connectivity index (χ1v) is 6.48. The van der Waals surface area contributed by atoms with Gasteiger partial charge in [-0.2, -0.15) is 5.10 Å². The SMILES string of the molecule is CC(c1cccs1)N(C)C(=O)c1cnn(C)c1N. The quantitative estimate of drug-likeness (QED) is 0.920. The number of thiophene rings is 1. The third-order valence-electron chi connectivity index (χ3n) is 3.07. The smallest absolute Gasteiger partial charge is 0.259 e. The fourth-order valence-electron chi connectivity index (χ4n) is 1.70. The fraction of sp³-hybridized carbons (Fsp3) is 0.333. The third-order valence-corrected chi connectivity index (χ3v) is 4.11. The molecule has 96 valence electrons. The van der Waals surface area contributed by atoms with Gasteiger partial charge in [-0.05, 0) is 18.4 Å². The van der Waals surface area contributed by atoms with E-state index in [1.807, 2.05) is 24.4 Å². The van der Waals surface area contributed by atoms with Crippen LogP contribution in [0.15, 0.2) is 23.7 Å². The summed E-state index contributed by atoms with van der Waals surface area (Å²) in [6, 6.07) is 4.02. The van der Waals surface area contributed by atoms with E-state index in [-0.39, 0.29) is 11.9 Å². The van der Waals surface area contributed by atoms with Crippen LogP contribution in [0.3, 0.4) is 0 Å². The van der Waals surface area contributed by atoms with Gasteiger partial charge in [-0.3, -0.25) is 9.48 Å². The van der Waals surface area contributed by atoms with Crippen LogP contribution in [0.25, 0.3) is 0 Å². The zero-order valence-corrected chi connectivity index (χ0v) is 11.4. The average Bonchev–Trinajstić information content (AvgIpc) is 2.99. The molecule has 0 saturated heterocycles. The number of nitrogens with zero attached hydrogens (tertiary/aromatic N) is 3. The van der Waals surface area contributed by atoms with E-state index in [1.54, 1.807) is 30.3 Å². The molecular weight excluding hydrogens is 248 g/mol. The molecule has 2 N–H and O–H groups in total. The lowest BCUT2D eigenvalue weighted by Crippen LogP contribution is -2.29. The molecule has 0 aromatic carbocycles. The second-order valence-corrected chi connectivity index (χ2v) is 5.15. The number of aryl methyl sites for hydroxylation is 1. The van der Waals surface area contributed by atoms with Crippen LogP contribution in [-0.4, -0.2) is 27.6 Å². The van der Waals surface area contributed by atoms with Crippen LogP contribution < -0.4 is 5.73 Å². The third kappa shape index (κ3) is 2.11. The van der Waals surface area contributed by atoms with Crippen molar-refractivity contribution in [3.63, 3.8) is 0 Å². The number of amides is 1.